The van der Waals surface area contributed by atoms with E-state index in [1.54, 1.807) is 0 Å². The van der Waals surface area contributed by atoms with Crippen LogP contribution in [0.5, 0.6) is 0 Å². The number of rotatable bonds is 0. The molecule has 0 spiro atoms. The van der Waals surface area contributed by atoms with E-state index in [4.69, 9.17) is 0 Å². The summed E-state index contributed by atoms with van der Waals surface area (Å²) in [7, 11) is 0. The first-order chi connectivity index (χ1) is 9.27. The second-order valence-corrected chi connectivity index (χ2v) is 5.84. The summed E-state index contributed by atoms with van der Waals surface area (Å²) in [6.07, 6.45) is 0. The Bertz CT molecular complexity index is 818. The van der Waals surface area contributed by atoms with Gasteiger partial charge in [-0.25, -0.2) is 0 Å². The van der Waals surface area contributed by atoms with E-state index in [0.717, 1.165) is 27.7 Å². The van der Waals surface area contributed by atoms with Crippen LogP contribution < -0.4 is 0 Å². The number of nitrogens with zero attached hydrogens (tertiary/aromatic N) is 1. The van der Waals surface area contributed by atoms with Gasteiger partial charge in [-0.2, -0.15) is 0 Å². The molecule has 3 heteroatoms. The Morgan fingerprint density at radius 1 is 1.00 bits per heavy atom. The Kier molecular flexibility index (Phi) is 2.22. The molecule has 1 aromatic heterocycles. The molecule has 0 fully saturated rings. The molecule has 0 amide bonds. The van der Waals surface area contributed by atoms with Gasteiger partial charge in [0.15, 0.2) is 0 Å². The summed E-state index contributed by atoms with van der Waals surface area (Å²) >= 11 is 2.50. The summed E-state index contributed by atoms with van der Waals surface area (Å²) in [5.74, 6) is 0.134. The van der Waals surface area contributed by atoms with Crippen LogP contribution in [0, 0.1) is 0 Å². The van der Waals surface area contributed by atoms with Crippen molar-refractivity contribution in [3.63, 3.8) is 0 Å². The molecule has 19 heavy (non-hydrogen) atoms. The quantitative estimate of drug-likeness (QED) is 0.585. The predicted octanol–water partition coefficient (Wildman–Crippen LogP) is 2.90. The maximum absolute atomic E-state index is 12.6. The first-order valence-electron chi connectivity index (χ1n) is 6.19. The summed E-state index contributed by atoms with van der Waals surface area (Å²) < 4.78 is 1.85. The van der Waals surface area contributed by atoms with Gasteiger partial charge in [0, 0.05) is 0 Å². The SMILES string of the molecule is O=C1C([SeH])c2ccccc2-c2cc3ccccc3n21. The molecule has 2 heterocycles. The van der Waals surface area contributed by atoms with Crippen molar-refractivity contribution in [1.29, 1.82) is 0 Å². The standard InChI is InChI=1S/C16H11NOSe/c18-16-15(19)12-7-3-2-6-11(12)14-9-10-5-1-4-8-13(10)17(14)16/h1-9,15,19H. The summed E-state index contributed by atoms with van der Waals surface area (Å²) in [6.45, 7) is 0. The Morgan fingerprint density at radius 2 is 1.74 bits per heavy atom. The summed E-state index contributed by atoms with van der Waals surface area (Å²) in [6, 6.07) is 18.3. The number of benzene rings is 2. The van der Waals surface area contributed by atoms with Gasteiger partial charge in [-0.3, -0.25) is 0 Å². The Hall–Kier alpha value is -1.83. The Balaban J connectivity index is 2.17. The van der Waals surface area contributed by atoms with Crippen molar-refractivity contribution in [2.75, 3.05) is 0 Å². The molecule has 0 saturated heterocycles. The summed E-state index contributed by atoms with van der Waals surface area (Å²) in [5.41, 5.74) is 4.25. The van der Waals surface area contributed by atoms with Gasteiger partial charge < -0.3 is 0 Å². The number of hydrogen-bond acceptors (Lipinski definition) is 1. The van der Waals surface area contributed by atoms with Gasteiger partial charge in [-0.1, -0.05) is 0 Å². The van der Waals surface area contributed by atoms with Gasteiger partial charge in [0.2, 0.25) is 0 Å². The topological polar surface area (TPSA) is 22.0 Å². The van der Waals surface area contributed by atoms with Crippen molar-refractivity contribution < 1.29 is 4.79 Å². The zero-order valence-corrected chi connectivity index (χ0v) is 12.0. The first kappa shape index (κ1) is 11.0. The van der Waals surface area contributed by atoms with Crippen LogP contribution in [0.3, 0.4) is 0 Å². The minimum atomic E-state index is -0.146. The van der Waals surface area contributed by atoms with E-state index in [-0.39, 0.29) is 10.7 Å². The average Bonchev–Trinajstić information content (AvgIpc) is 2.84. The fourth-order valence-electron chi connectivity index (χ4n) is 2.81. The fraction of sp³-hybridized carbons (Fsp3) is 0.0625. The van der Waals surface area contributed by atoms with E-state index in [0.29, 0.717) is 0 Å². The minimum absolute atomic E-state index is 0.134. The van der Waals surface area contributed by atoms with Crippen LogP contribution in [-0.4, -0.2) is 26.5 Å². The van der Waals surface area contributed by atoms with Crippen LogP contribution in [-0.2, 0) is 0 Å². The van der Waals surface area contributed by atoms with Gasteiger partial charge >= 0.3 is 118 Å². The number of fused-ring (bicyclic) bond motifs is 5. The van der Waals surface area contributed by atoms with Gasteiger partial charge in [-0.15, -0.1) is 0 Å². The van der Waals surface area contributed by atoms with Gasteiger partial charge in [0.05, 0.1) is 0 Å². The number of carbonyl (C=O) groups is 1. The first-order valence-corrected chi connectivity index (χ1v) is 7.28. The molecule has 2 aromatic carbocycles. The van der Waals surface area contributed by atoms with Crippen molar-refractivity contribution in [2.45, 2.75) is 4.82 Å². The van der Waals surface area contributed by atoms with Gasteiger partial charge in [-0.05, 0) is 0 Å². The molecule has 2 nitrogen and oxygen atoms in total. The maximum atomic E-state index is 12.6. The summed E-state index contributed by atoms with van der Waals surface area (Å²) in [4.78, 5) is 12.5. The third kappa shape index (κ3) is 1.40. The number of carbonyl (C=O) groups excluding carboxylic acids is 1. The van der Waals surface area contributed by atoms with Crippen LogP contribution in [0.4, 0.5) is 0 Å². The van der Waals surface area contributed by atoms with E-state index in [9.17, 15) is 4.79 Å². The molecule has 3 aromatic rings. The molecule has 0 bridgehead atoms. The van der Waals surface area contributed by atoms with Crippen LogP contribution >= 0.6 is 0 Å². The van der Waals surface area contributed by atoms with Crippen LogP contribution in [0.15, 0.2) is 54.6 Å². The molecule has 1 atom stereocenters. The van der Waals surface area contributed by atoms with Crippen LogP contribution in [0.1, 0.15) is 15.2 Å². The van der Waals surface area contributed by atoms with E-state index in [1.165, 1.54) is 0 Å². The Morgan fingerprint density at radius 3 is 2.63 bits per heavy atom. The van der Waals surface area contributed by atoms with Crippen molar-refractivity contribution >= 4 is 32.8 Å². The molecule has 1 aliphatic heterocycles. The normalized spacial score (nSPS) is 17.3. The van der Waals surface area contributed by atoms with Gasteiger partial charge in [0.1, 0.15) is 0 Å². The zero-order chi connectivity index (χ0) is 13.0. The van der Waals surface area contributed by atoms with Gasteiger partial charge in [0.25, 0.3) is 0 Å². The predicted molar refractivity (Wildman–Crippen MR) is 77.9 cm³/mol. The van der Waals surface area contributed by atoms with Crippen molar-refractivity contribution in [3.05, 3.63) is 60.2 Å². The van der Waals surface area contributed by atoms with Crippen molar-refractivity contribution in [1.82, 2.24) is 4.57 Å². The molecule has 4 rings (SSSR count). The van der Waals surface area contributed by atoms with Crippen LogP contribution in [0.25, 0.3) is 22.2 Å². The van der Waals surface area contributed by atoms with Crippen LogP contribution in [0.2, 0.25) is 0 Å². The number of para-hydroxylation sites is 1. The third-order valence-corrected chi connectivity index (χ3v) is 4.74. The molecule has 0 aliphatic carbocycles. The number of aromatic nitrogens is 1. The molecule has 1 unspecified atom stereocenters. The molecular weight excluding hydrogens is 301 g/mol. The molecule has 1 aliphatic rings. The Labute approximate surface area is 118 Å². The van der Waals surface area contributed by atoms with E-state index in [1.807, 2.05) is 41.0 Å². The fourth-order valence-corrected chi connectivity index (χ4v) is 3.53. The van der Waals surface area contributed by atoms with E-state index >= 15 is 0 Å². The van der Waals surface area contributed by atoms with Crippen molar-refractivity contribution in [2.24, 2.45) is 0 Å². The zero-order valence-electron chi connectivity index (χ0n) is 10.1. The average molecular weight is 312 g/mol. The van der Waals surface area contributed by atoms with Crippen molar-refractivity contribution in [3.8, 4) is 11.3 Å². The molecule has 0 saturated carbocycles. The molecule has 0 radical (unpaired) electrons. The molecule has 92 valence electrons. The summed E-state index contributed by atoms with van der Waals surface area (Å²) in [5, 5.41) is 1.11. The van der Waals surface area contributed by atoms with E-state index in [2.05, 4.69) is 34.2 Å². The second-order valence-electron chi connectivity index (χ2n) is 4.75. The van der Waals surface area contributed by atoms with E-state index < -0.39 is 0 Å². The monoisotopic (exact) mass is 313 g/mol. The third-order valence-electron chi connectivity index (χ3n) is 3.70. The molecular formula is C16H11NOSe. The molecule has 0 N–H and O–H groups in total. The number of hydrogen-bond donors (Lipinski definition) is 0. The second kappa shape index (κ2) is 3.83.